The van der Waals surface area contributed by atoms with Crippen LogP contribution in [0.4, 0.5) is 0 Å². The second-order valence-corrected chi connectivity index (χ2v) is 3.68. The van der Waals surface area contributed by atoms with Gasteiger partial charge in [-0.15, -0.1) is 5.10 Å². The number of Topliss-reactive ketones (excluding diaryl/α,β-unsaturated/α-hetero) is 1. The fraction of sp³-hybridized carbons (Fsp3) is 0.273. The number of rotatable bonds is 5. The van der Waals surface area contributed by atoms with Gasteiger partial charge >= 0.3 is 0 Å². The van der Waals surface area contributed by atoms with E-state index in [1.165, 1.54) is 4.68 Å². The number of carbonyl (C=O) groups is 1. The second-order valence-electron chi connectivity index (χ2n) is 3.68. The number of aromatic nitrogens is 4. The number of hydrogen-bond acceptors (Lipinski definition) is 5. The SMILES string of the molecule is NCc1cn(CC(=O)Cc2ccncc2)nn1. The monoisotopic (exact) mass is 231 g/mol. The molecule has 17 heavy (non-hydrogen) atoms. The Balaban J connectivity index is 1.93. The van der Waals surface area contributed by atoms with Crippen molar-refractivity contribution >= 4 is 5.78 Å². The Bertz CT molecular complexity index is 494. The average molecular weight is 231 g/mol. The fourth-order valence-electron chi connectivity index (χ4n) is 1.47. The number of hydrogen-bond donors (Lipinski definition) is 1. The summed E-state index contributed by atoms with van der Waals surface area (Å²) in [6.45, 7) is 0.549. The summed E-state index contributed by atoms with van der Waals surface area (Å²) in [5.74, 6) is 0.0738. The normalized spacial score (nSPS) is 10.4. The van der Waals surface area contributed by atoms with Crippen LogP contribution >= 0.6 is 0 Å². The summed E-state index contributed by atoms with van der Waals surface area (Å²) in [4.78, 5) is 15.6. The highest BCUT2D eigenvalue weighted by Gasteiger charge is 2.06. The van der Waals surface area contributed by atoms with Crippen LogP contribution in [0.1, 0.15) is 11.3 Å². The van der Waals surface area contributed by atoms with Crippen molar-refractivity contribution in [2.45, 2.75) is 19.5 Å². The minimum atomic E-state index is 0.0738. The van der Waals surface area contributed by atoms with Crippen molar-refractivity contribution in [2.75, 3.05) is 0 Å². The molecule has 0 bridgehead atoms. The van der Waals surface area contributed by atoms with Crippen LogP contribution in [0.15, 0.2) is 30.7 Å². The number of ketones is 1. The van der Waals surface area contributed by atoms with Crippen molar-refractivity contribution in [3.63, 3.8) is 0 Å². The first kappa shape index (κ1) is 11.4. The molecule has 0 fully saturated rings. The van der Waals surface area contributed by atoms with Gasteiger partial charge in [0.15, 0.2) is 5.78 Å². The smallest absolute Gasteiger partial charge is 0.158 e. The van der Waals surface area contributed by atoms with Crippen molar-refractivity contribution in [3.8, 4) is 0 Å². The highest BCUT2D eigenvalue weighted by atomic mass is 16.1. The lowest BCUT2D eigenvalue weighted by atomic mass is 10.1. The number of pyridine rings is 1. The molecule has 2 rings (SSSR count). The zero-order valence-corrected chi connectivity index (χ0v) is 9.28. The van der Waals surface area contributed by atoms with Crippen LogP contribution in [0.25, 0.3) is 0 Å². The van der Waals surface area contributed by atoms with Crippen LogP contribution in [0.2, 0.25) is 0 Å². The molecule has 2 aromatic heterocycles. The van der Waals surface area contributed by atoms with Gasteiger partial charge in [-0.3, -0.25) is 9.78 Å². The Morgan fingerprint density at radius 2 is 2.12 bits per heavy atom. The quantitative estimate of drug-likeness (QED) is 0.779. The van der Waals surface area contributed by atoms with Crippen LogP contribution in [-0.2, 0) is 24.3 Å². The molecule has 6 heteroatoms. The van der Waals surface area contributed by atoms with Crippen molar-refractivity contribution < 1.29 is 4.79 Å². The molecule has 2 heterocycles. The number of carbonyl (C=O) groups excluding carboxylic acids is 1. The summed E-state index contributed by atoms with van der Waals surface area (Å²) in [5.41, 5.74) is 7.04. The van der Waals surface area contributed by atoms with Crippen LogP contribution < -0.4 is 5.73 Å². The Morgan fingerprint density at radius 1 is 1.35 bits per heavy atom. The van der Waals surface area contributed by atoms with Gasteiger partial charge in [-0.25, -0.2) is 4.68 Å². The molecule has 0 atom stereocenters. The lowest BCUT2D eigenvalue weighted by molar-refractivity contribution is -0.119. The van der Waals surface area contributed by atoms with Gasteiger partial charge in [0.05, 0.1) is 11.9 Å². The number of nitrogens with zero attached hydrogens (tertiary/aromatic N) is 4. The molecule has 88 valence electrons. The van der Waals surface area contributed by atoms with Gasteiger partial charge in [0, 0.05) is 25.4 Å². The molecule has 2 N–H and O–H groups in total. The molecular weight excluding hydrogens is 218 g/mol. The molecule has 0 unspecified atom stereocenters. The first-order chi connectivity index (χ1) is 8.28. The predicted molar refractivity (Wildman–Crippen MR) is 60.9 cm³/mol. The molecule has 0 aliphatic carbocycles. The molecule has 0 saturated heterocycles. The summed E-state index contributed by atoms with van der Waals surface area (Å²) >= 11 is 0. The van der Waals surface area contributed by atoms with Crippen LogP contribution in [0, 0.1) is 0 Å². The van der Waals surface area contributed by atoms with E-state index < -0.39 is 0 Å². The third-order valence-electron chi connectivity index (χ3n) is 2.28. The summed E-state index contributed by atoms with van der Waals surface area (Å²) in [7, 11) is 0. The minimum Gasteiger partial charge on any atom is -0.325 e. The molecule has 0 aliphatic rings. The third kappa shape index (κ3) is 3.18. The first-order valence-corrected chi connectivity index (χ1v) is 5.27. The highest BCUT2D eigenvalue weighted by Crippen LogP contribution is 2.00. The van der Waals surface area contributed by atoms with E-state index in [-0.39, 0.29) is 12.3 Å². The summed E-state index contributed by atoms with van der Waals surface area (Å²) in [5, 5.41) is 7.64. The molecular formula is C11H13N5O. The molecule has 0 radical (unpaired) electrons. The van der Waals surface area contributed by atoms with E-state index >= 15 is 0 Å². The maximum atomic E-state index is 11.7. The third-order valence-corrected chi connectivity index (χ3v) is 2.28. The van der Waals surface area contributed by atoms with Gasteiger partial charge < -0.3 is 5.73 Å². The van der Waals surface area contributed by atoms with Gasteiger partial charge in [-0.1, -0.05) is 5.21 Å². The summed E-state index contributed by atoms with van der Waals surface area (Å²) in [6, 6.07) is 3.65. The summed E-state index contributed by atoms with van der Waals surface area (Å²) < 4.78 is 1.51. The molecule has 0 spiro atoms. The molecule has 2 aromatic rings. The van der Waals surface area contributed by atoms with E-state index in [1.54, 1.807) is 18.6 Å². The average Bonchev–Trinajstić information content (AvgIpc) is 2.78. The molecule has 0 aliphatic heterocycles. The van der Waals surface area contributed by atoms with Gasteiger partial charge in [-0.05, 0) is 17.7 Å². The second kappa shape index (κ2) is 5.31. The van der Waals surface area contributed by atoms with Crippen LogP contribution in [-0.4, -0.2) is 25.8 Å². The predicted octanol–water partition coefficient (Wildman–Crippen LogP) is -0.0564. The van der Waals surface area contributed by atoms with Gasteiger partial charge in [0.1, 0.15) is 6.54 Å². The van der Waals surface area contributed by atoms with Crippen molar-refractivity contribution in [1.82, 2.24) is 20.0 Å². The topological polar surface area (TPSA) is 86.7 Å². The van der Waals surface area contributed by atoms with Crippen molar-refractivity contribution in [1.29, 1.82) is 0 Å². The Kier molecular flexibility index (Phi) is 3.56. The van der Waals surface area contributed by atoms with Gasteiger partial charge in [0.25, 0.3) is 0 Å². The molecule has 0 aromatic carbocycles. The Morgan fingerprint density at radius 3 is 2.76 bits per heavy atom. The van der Waals surface area contributed by atoms with E-state index in [9.17, 15) is 4.79 Å². The minimum absolute atomic E-state index is 0.0738. The van der Waals surface area contributed by atoms with Gasteiger partial charge in [0.2, 0.25) is 0 Å². The van der Waals surface area contributed by atoms with Crippen molar-refractivity contribution in [2.24, 2.45) is 5.73 Å². The largest absolute Gasteiger partial charge is 0.325 e. The van der Waals surface area contributed by atoms with Gasteiger partial charge in [-0.2, -0.15) is 0 Å². The maximum Gasteiger partial charge on any atom is 0.158 e. The van der Waals surface area contributed by atoms with E-state index in [0.717, 1.165) is 5.56 Å². The Hall–Kier alpha value is -2.08. The van der Waals surface area contributed by atoms with E-state index in [2.05, 4.69) is 15.3 Å². The number of nitrogens with two attached hydrogens (primary N) is 1. The molecule has 0 amide bonds. The Labute approximate surface area is 98.5 Å². The van der Waals surface area contributed by atoms with E-state index in [1.807, 2.05) is 12.1 Å². The highest BCUT2D eigenvalue weighted by molar-refractivity contribution is 5.80. The lowest BCUT2D eigenvalue weighted by Gasteiger charge is -2.00. The first-order valence-electron chi connectivity index (χ1n) is 5.27. The molecule has 0 saturated carbocycles. The standard InChI is InChI=1S/C11H13N5O/c12-6-10-7-16(15-14-10)8-11(17)5-9-1-3-13-4-2-9/h1-4,7H,5-6,8,12H2. The van der Waals surface area contributed by atoms with E-state index in [4.69, 9.17) is 5.73 Å². The lowest BCUT2D eigenvalue weighted by Crippen LogP contribution is -2.13. The fourth-order valence-corrected chi connectivity index (χ4v) is 1.47. The van der Waals surface area contributed by atoms with Crippen LogP contribution in [0.3, 0.4) is 0 Å². The van der Waals surface area contributed by atoms with Crippen LogP contribution in [0.5, 0.6) is 0 Å². The van der Waals surface area contributed by atoms with E-state index in [0.29, 0.717) is 18.7 Å². The zero-order valence-electron chi connectivity index (χ0n) is 9.28. The molecule has 6 nitrogen and oxygen atoms in total. The summed E-state index contributed by atoms with van der Waals surface area (Å²) in [6.07, 6.45) is 5.40. The maximum absolute atomic E-state index is 11.7. The van der Waals surface area contributed by atoms with Crippen molar-refractivity contribution in [3.05, 3.63) is 42.0 Å². The zero-order chi connectivity index (χ0) is 12.1.